The van der Waals surface area contributed by atoms with Gasteiger partial charge in [0.2, 0.25) is 0 Å². The summed E-state index contributed by atoms with van der Waals surface area (Å²) in [6.07, 6.45) is 7.40. The molecule has 0 bridgehead atoms. The second-order valence-corrected chi connectivity index (χ2v) is 19.8. The molecule has 2 saturated heterocycles. The molecule has 2 aliphatic rings. The molecule has 0 spiro atoms. The van der Waals surface area contributed by atoms with Crippen molar-refractivity contribution >= 4 is 41.7 Å². The molecule has 3 N–H and O–H groups in total. The zero-order valence-corrected chi connectivity index (χ0v) is 47.5. The topological polar surface area (TPSA) is 241 Å². The summed E-state index contributed by atoms with van der Waals surface area (Å²) in [5.74, 6) is 0.112. The zero-order valence-electron chi connectivity index (χ0n) is 47.5. The molecule has 18 nitrogen and oxygen atoms in total. The van der Waals surface area contributed by atoms with Crippen molar-refractivity contribution in [2.75, 3.05) is 66.5 Å². The van der Waals surface area contributed by atoms with E-state index in [1.807, 2.05) is 83.1 Å². The molecule has 2 fully saturated rings. The van der Waals surface area contributed by atoms with Gasteiger partial charge in [-0.1, -0.05) is 74.4 Å². The Hall–Kier alpha value is -4.81. The van der Waals surface area contributed by atoms with Crippen molar-refractivity contribution in [1.29, 1.82) is 0 Å². The van der Waals surface area contributed by atoms with Crippen LogP contribution in [0, 0.1) is 39.4 Å². The highest BCUT2D eigenvalue weighted by Crippen LogP contribution is 2.40. The van der Waals surface area contributed by atoms with Gasteiger partial charge in [-0.3, -0.25) is 28.8 Å². The first kappa shape index (κ1) is 70.3. The number of benzene rings is 1. The summed E-state index contributed by atoms with van der Waals surface area (Å²) >= 11 is 0. The molecule has 1 amide bonds. The van der Waals surface area contributed by atoms with Crippen LogP contribution in [0.2, 0.25) is 0 Å². The minimum atomic E-state index is -0.654. The van der Waals surface area contributed by atoms with Crippen LogP contribution in [0.5, 0.6) is 11.5 Å². The van der Waals surface area contributed by atoms with E-state index in [1.165, 1.54) is 19.2 Å². The van der Waals surface area contributed by atoms with Crippen LogP contribution in [0.4, 0.5) is 4.79 Å². The molecule has 0 saturated carbocycles. The molecule has 4 unspecified atom stereocenters. The number of methoxy groups -OCH3 is 1. The van der Waals surface area contributed by atoms with E-state index >= 15 is 0 Å². The molecule has 0 aliphatic carbocycles. The molecule has 1 aromatic rings. The van der Waals surface area contributed by atoms with Gasteiger partial charge in [0.15, 0.2) is 0 Å². The Balaban J connectivity index is 0. The summed E-state index contributed by atoms with van der Waals surface area (Å²) in [5.41, 5.74) is -0.501. The van der Waals surface area contributed by atoms with Crippen molar-refractivity contribution in [1.82, 2.24) is 5.32 Å². The van der Waals surface area contributed by atoms with Gasteiger partial charge in [-0.05, 0) is 123 Å². The number of nitrogens with zero attached hydrogens (tertiary/aromatic N) is 1. The van der Waals surface area contributed by atoms with Crippen molar-refractivity contribution in [3.05, 3.63) is 24.3 Å². The zero-order chi connectivity index (χ0) is 56.3. The molecule has 422 valence electrons. The third-order valence-corrected chi connectivity index (χ3v) is 13.4. The van der Waals surface area contributed by atoms with Gasteiger partial charge in [-0.2, -0.15) is 0 Å². The first-order chi connectivity index (χ1) is 34.3. The fourth-order valence-electron chi connectivity index (χ4n) is 5.90. The predicted molar refractivity (Wildman–Crippen MR) is 281 cm³/mol. The van der Waals surface area contributed by atoms with E-state index < -0.39 is 16.9 Å². The van der Waals surface area contributed by atoms with Crippen molar-refractivity contribution in [3.8, 4) is 11.5 Å². The summed E-state index contributed by atoms with van der Waals surface area (Å²) < 4.78 is 35.8. The number of amides is 1. The van der Waals surface area contributed by atoms with E-state index in [0.29, 0.717) is 50.9 Å². The minimum Gasteiger partial charge on any atom is -0.508 e. The molecule has 2 aliphatic heterocycles. The number of ether oxygens (including phenoxy) is 7. The molecule has 18 heteroatoms. The van der Waals surface area contributed by atoms with Gasteiger partial charge in [0.25, 0.3) is 0 Å². The molecule has 2 heterocycles. The molecule has 1 aromatic carbocycles. The Labute approximate surface area is 437 Å². The number of oxime groups is 1. The number of hydrogen-bond donors (Lipinski definition) is 3. The van der Waals surface area contributed by atoms with Crippen molar-refractivity contribution in [3.63, 3.8) is 0 Å². The Kier molecular flexibility index (Phi) is 36.4. The standard InChI is InChI=1S/C13H24N2O4.C12H16O3.C11H20O3.C10H18O3.C9H18O3/c1-6-10(3)15-19-12(17)14-8-9-18-11(16)13(4,5)7-2;1-4-12(2,3)11(14)15-10-7-5-9(13)6-8-10;1-4-9(3)10(12)14-8-11(5-2)6-13-7-11;1-4-8-6-13-7-10(8,5-2)9(11)12-3;1-3-8(2)9(11)12-7-5-4-6-10/h6-9H2,1-5H3,(H,14,17);5-8,13H,4H2,1-3H3;9H,4-8H2,1-3H3;8H,4-7H2,1-3H3;8,10H,3-7H2,1-2H3/b15-10-;;;;. The number of nitrogens with one attached hydrogen (secondary N) is 1. The van der Waals surface area contributed by atoms with E-state index in [2.05, 4.69) is 29.2 Å². The van der Waals surface area contributed by atoms with Gasteiger partial charge >= 0.3 is 35.9 Å². The lowest BCUT2D eigenvalue weighted by Gasteiger charge is -2.40. The lowest BCUT2D eigenvalue weighted by Crippen LogP contribution is -2.46. The number of phenols is 1. The number of carbonyl (C=O) groups is 6. The van der Waals surface area contributed by atoms with Crippen molar-refractivity contribution in [2.24, 2.45) is 44.6 Å². The highest BCUT2D eigenvalue weighted by molar-refractivity contribution is 5.82. The third kappa shape index (κ3) is 27.3. The largest absolute Gasteiger partial charge is 0.508 e. The van der Waals surface area contributed by atoms with Crippen molar-refractivity contribution in [2.45, 2.75) is 168 Å². The summed E-state index contributed by atoms with van der Waals surface area (Å²) in [6.45, 7) is 32.9. The second-order valence-electron chi connectivity index (χ2n) is 19.8. The Bertz CT molecular complexity index is 1760. The molecule has 3 rings (SSSR count). The number of rotatable bonds is 24. The Morgan fingerprint density at radius 2 is 1.33 bits per heavy atom. The van der Waals surface area contributed by atoms with E-state index in [9.17, 15) is 28.8 Å². The number of phenolic OH excluding ortho intramolecular Hbond substituents is 1. The third-order valence-electron chi connectivity index (χ3n) is 13.4. The van der Waals surface area contributed by atoms with Crippen LogP contribution in [0.1, 0.15) is 168 Å². The maximum atomic E-state index is 11.7. The highest BCUT2D eigenvalue weighted by atomic mass is 16.7. The monoisotopic (exact) mass is 1040 g/mol. The number of aliphatic hydroxyl groups is 1. The second kappa shape index (κ2) is 37.8. The SMILES string of the molecule is CC/C(C)=N\OC(=O)NCCOC(=O)C(C)(C)CC.CCC(C)(C)C(=O)Oc1ccc(O)cc1.CCC(C)C(=O)OCC1(CC)COC1.CCC(C)C(=O)OCCCCO.CCC1COCC1(CC)C(=O)OC. The van der Waals surface area contributed by atoms with Crippen LogP contribution in [0.3, 0.4) is 0 Å². The number of esters is 5. The van der Waals surface area contributed by atoms with Crippen LogP contribution >= 0.6 is 0 Å². The number of hydrogen-bond acceptors (Lipinski definition) is 17. The molecule has 0 aromatic heterocycles. The first-order valence-corrected chi connectivity index (χ1v) is 26.2. The number of unbranched alkanes of at least 4 members (excludes halogenated alkanes) is 1. The summed E-state index contributed by atoms with van der Waals surface area (Å²) in [4.78, 5) is 73.1. The predicted octanol–water partition coefficient (Wildman–Crippen LogP) is 10.2. The lowest BCUT2D eigenvalue weighted by molar-refractivity contribution is -0.173. The number of aromatic hydroxyl groups is 1. The quantitative estimate of drug-likeness (QED) is 0.0166. The highest BCUT2D eigenvalue weighted by Gasteiger charge is 2.48. The van der Waals surface area contributed by atoms with E-state index in [1.54, 1.807) is 19.1 Å². The van der Waals surface area contributed by atoms with E-state index in [4.69, 9.17) is 43.4 Å². The molecule has 4 atom stereocenters. The maximum Gasteiger partial charge on any atom is 0.433 e. The molecular weight excluding hydrogens is 945 g/mol. The minimum absolute atomic E-state index is 0.000809. The van der Waals surface area contributed by atoms with Crippen LogP contribution in [0.25, 0.3) is 0 Å². The normalized spacial score (nSPS) is 17.4. The van der Waals surface area contributed by atoms with E-state index in [-0.39, 0.29) is 78.0 Å². The smallest absolute Gasteiger partial charge is 0.433 e. The molecule has 0 radical (unpaired) electrons. The summed E-state index contributed by atoms with van der Waals surface area (Å²) in [5, 5.41) is 23.5. The van der Waals surface area contributed by atoms with Crippen LogP contribution < -0.4 is 10.1 Å². The summed E-state index contributed by atoms with van der Waals surface area (Å²) in [7, 11) is 1.45. The van der Waals surface area contributed by atoms with Gasteiger partial charge in [0.1, 0.15) is 24.7 Å². The van der Waals surface area contributed by atoms with Gasteiger partial charge < -0.3 is 48.7 Å². The number of carbonyl (C=O) groups excluding carboxylic acids is 6. The maximum absolute atomic E-state index is 11.7. The summed E-state index contributed by atoms with van der Waals surface area (Å²) in [6, 6.07) is 6.11. The van der Waals surface area contributed by atoms with Gasteiger partial charge in [0.05, 0.1) is 85.9 Å². The van der Waals surface area contributed by atoms with Gasteiger partial charge in [0, 0.05) is 12.5 Å². The van der Waals surface area contributed by atoms with Crippen LogP contribution in [-0.4, -0.2) is 118 Å². The number of aliphatic hydroxyl groups excluding tert-OH is 1. The average Bonchev–Trinajstić information content (AvgIpc) is 3.82. The van der Waals surface area contributed by atoms with E-state index in [0.717, 1.165) is 70.3 Å². The Morgan fingerprint density at radius 3 is 1.78 bits per heavy atom. The first-order valence-electron chi connectivity index (χ1n) is 26.2. The molecular formula is C55H96N2O16. The molecule has 73 heavy (non-hydrogen) atoms. The average molecular weight is 1040 g/mol. The van der Waals surface area contributed by atoms with Gasteiger partial charge in [-0.25, -0.2) is 4.79 Å². The fourth-order valence-corrected chi connectivity index (χ4v) is 5.90. The Morgan fingerprint density at radius 1 is 0.767 bits per heavy atom. The van der Waals surface area contributed by atoms with Gasteiger partial charge in [-0.15, -0.1) is 0 Å². The fraction of sp³-hybridized carbons (Fsp3) is 0.764. The van der Waals surface area contributed by atoms with Crippen molar-refractivity contribution < 1.29 is 77.0 Å². The van der Waals surface area contributed by atoms with Crippen LogP contribution in [-0.2, 0) is 57.2 Å². The lowest BCUT2D eigenvalue weighted by atomic mass is 9.74. The van der Waals surface area contributed by atoms with Crippen LogP contribution in [0.15, 0.2) is 29.4 Å².